The summed E-state index contributed by atoms with van der Waals surface area (Å²) in [6.45, 7) is 3.67. The van der Waals surface area contributed by atoms with Crippen LogP contribution in [0.15, 0.2) is 41.5 Å². The van der Waals surface area contributed by atoms with Crippen LogP contribution < -0.4 is 20.3 Å². The number of aryl methyl sites for hydroxylation is 1. The van der Waals surface area contributed by atoms with Gasteiger partial charge >= 0.3 is 0 Å². The molecule has 7 nitrogen and oxygen atoms in total. The molecule has 0 aliphatic carbocycles. The third-order valence-corrected chi connectivity index (χ3v) is 4.85. The molecule has 0 spiro atoms. The van der Waals surface area contributed by atoms with E-state index in [1.165, 1.54) is 5.69 Å². The van der Waals surface area contributed by atoms with Crippen molar-refractivity contribution < 1.29 is 4.74 Å². The quantitative estimate of drug-likeness (QED) is 0.374. The van der Waals surface area contributed by atoms with Crippen molar-refractivity contribution in [1.82, 2.24) is 20.4 Å². The highest BCUT2D eigenvalue weighted by Gasteiger charge is 2.24. The van der Waals surface area contributed by atoms with E-state index in [1.54, 1.807) is 20.4 Å². The van der Waals surface area contributed by atoms with Crippen LogP contribution in [-0.4, -0.2) is 49.5 Å². The summed E-state index contributed by atoms with van der Waals surface area (Å²) in [5, 5.41) is 11.0. The molecule has 1 unspecified atom stereocenters. The Labute approximate surface area is 178 Å². The number of nitrogens with one attached hydrogen (secondary N) is 2. The summed E-state index contributed by atoms with van der Waals surface area (Å²) in [5.41, 5.74) is 2.30. The summed E-state index contributed by atoms with van der Waals surface area (Å²) in [6.07, 6.45) is 2.96. The van der Waals surface area contributed by atoms with Gasteiger partial charge < -0.3 is 20.3 Å². The summed E-state index contributed by atoms with van der Waals surface area (Å²) in [7, 11) is 5.47. The van der Waals surface area contributed by atoms with Crippen LogP contribution in [-0.2, 0) is 13.6 Å². The minimum absolute atomic E-state index is 0. The van der Waals surface area contributed by atoms with Gasteiger partial charge in [0.25, 0.3) is 0 Å². The summed E-state index contributed by atoms with van der Waals surface area (Å²) >= 11 is 0. The molecule has 27 heavy (non-hydrogen) atoms. The smallest absolute Gasteiger partial charge is 0.191 e. The van der Waals surface area contributed by atoms with Crippen molar-refractivity contribution in [2.75, 3.05) is 38.7 Å². The molecule has 0 radical (unpaired) electrons. The lowest BCUT2D eigenvalue weighted by molar-refractivity contribution is 0.414. The minimum atomic E-state index is 0. The molecule has 1 aliphatic rings. The molecular weight excluding hydrogens is 455 g/mol. The van der Waals surface area contributed by atoms with E-state index in [0.29, 0.717) is 12.5 Å². The zero-order chi connectivity index (χ0) is 18.4. The van der Waals surface area contributed by atoms with Gasteiger partial charge in [-0.1, -0.05) is 12.1 Å². The molecular formula is C19H29IN6O. The second-order valence-corrected chi connectivity index (χ2v) is 6.53. The van der Waals surface area contributed by atoms with E-state index in [4.69, 9.17) is 4.74 Å². The Kier molecular flexibility index (Phi) is 8.21. The van der Waals surface area contributed by atoms with Crippen molar-refractivity contribution in [3.8, 4) is 5.75 Å². The predicted molar refractivity (Wildman–Crippen MR) is 120 cm³/mol. The van der Waals surface area contributed by atoms with Crippen LogP contribution in [0.3, 0.4) is 0 Å². The number of aliphatic imine (C=N–C) groups is 1. The van der Waals surface area contributed by atoms with Crippen LogP contribution >= 0.6 is 24.0 Å². The fraction of sp³-hybridized carbons (Fsp3) is 0.474. The SMILES string of the molecule is CN=C(NCc1ccnn1C)NCC1CCN(c2ccccc2OC)C1.I. The molecule has 1 atom stereocenters. The van der Waals surface area contributed by atoms with E-state index in [0.717, 1.165) is 43.5 Å². The maximum absolute atomic E-state index is 5.49. The first kappa shape index (κ1) is 21.3. The zero-order valence-electron chi connectivity index (χ0n) is 16.2. The number of hydrogen-bond acceptors (Lipinski definition) is 4. The average Bonchev–Trinajstić information content (AvgIpc) is 3.31. The maximum atomic E-state index is 5.49. The molecule has 1 saturated heterocycles. The molecule has 148 valence electrons. The van der Waals surface area contributed by atoms with Crippen LogP contribution in [0.5, 0.6) is 5.75 Å². The molecule has 3 rings (SSSR count). The highest BCUT2D eigenvalue weighted by atomic mass is 127. The maximum Gasteiger partial charge on any atom is 0.191 e. The summed E-state index contributed by atoms with van der Waals surface area (Å²) in [6, 6.07) is 10.2. The molecule has 2 N–H and O–H groups in total. The number of anilines is 1. The highest BCUT2D eigenvalue weighted by molar-refractivity contribution is 14.0. The number of benzene rings is 1. The molecule has 0 amide bonds. The summed E-state index contributed by atoms with van der Waals surface area (Å²) in [4.78, 5) is 6.71. The van der Waals surface area contributed by atoms with Crippen LogP contribution in [0.1, 0.15) is 12.1 Å². The fourth-order valence-electron chi connectivity index (χ4n) is 3.32. The second-order valence-electron chi connectivity index (χ2n) is 6.53. The molecule has 8 heteroatoms. The Bertz CT molecular complexity index is 747. The molecule has 2 heterocycles. The first-order chi connectivity index (χ1) is 12.7. The Balaban J connectivity index is 0.00000261. The molecule has 1 aromatic heterocycles. The van der Waals surface area contributed by atoms with E-state index >= 15 is 0 Å². The van der Waals surface area contributed by atoms with Crippen molar-refractivity contribution >= 4 is 35.6 Å². The van der Waals surface area contributed by atoms with E-state index in [-0.39, 0.29) is 24.0 Å². The number of para-hydroxylation sites is 2. The zero-order valence-corrected chi connectivity index (χ0v) is 18.5. The third kappa shape index (κ3) is 5.50. The van der Waals surface area contributed by atoms with Gasteiger partial charge in [-0.15, -0.1) is 24.0 Å². The van der Waals surface area contributed by atoms with E-state index in [1.807, 2.05) is 29.9 Å². The average molecular weight is 484 g/mol. The van der Waals surface area contributed by atoms with Gasteiger partial charge in [-0.25, -0.2) is 0 Å². The van der Waals surface area contributed by atoms with Gasteiger partial charge in [-0.05, 0) is 30.5 Å². The monoisotopic (exact) mass is 484 g/mol. The lowest BCUT2D eigenvalue weighted by atomic mass is 10.1. The predicted octanol–water partition coefficient (Wildman–Crippen LogP) is 2.24. The Hall–Kier alpha value is -1.97. The number of hydrogen-bond donors (Lipinski definition) is 2. The van der Waals surface area contributed by atoms with Crippen LogP contribution in [0, 0.1) is 5.92 Å². The van der Waals surface area contributed by atoms with Crippen molar-refractivity contribution in [2.45, 2.75) is 13.0 Å². The number of methoxy groups -OCH3 is 1. The first-order valence-electron chi connectivity index (χ1n) is 9.00. The number of ether oxygens (including phenoxy) is 1. The van der Waals surface area contributed by atoms with Gasteiger partial charge in [0, 0.05) is 39.9 Å². The topological polar surface area (TPSA) is 66.7 Å². The van der Waals surface area contributed by atoms with Gasteiger partial charge in [0.2, 0.25) is 0 Å². The minimum Gasteiger partial charge on any atom is -0.495 e. The molecule has 0 bridgehead atoms. The lowest BCUT2D eigenvalue weighted by Gasteiger charge is -2.21. The Morgan fingerprint density at radius 1 is 1.30 bits per heavy atom. The number of nitrogens with zero attached hydrogens (tertiary/aromatic N) is 4. The lowest BCUT2D eigenvalue weighted by Crippen LogP contribution is -2.40. The Morgan fingerprint density at radius 3 is 2.81 bits per heavy atom. The van der Waals surface area contributed by atoms with E-state index in [9.17, 15) is 0 Å². The number of guanidine groups is 1. The van der Waals surface area contributed by atoms with E-state index in [2.05, 4.69) is 37.8 Å². The first-order valence-corrected chi connectivity index (χ1v) is 9.00. The fourth-order valence-corrected chi connectivity index (χ4v) is 3.32. The van der Waals surface area contributed by atoms with Crippen molar-refractivity contribution in [1.29, 1.82) is 0 Å². The molecule has 1 aromatic carbocycles. The second kappa shape index (κ2) is 10.4. The third-order valence-electron chi connectivity index (χ3n) is 4.85. The number of aromatic nitrogens is 2. The molecule has 1 aliphatic heterocycles. The number of rotatable bonds is 6. The highest BCUT2D eigenvalue weighted by Crippen LogP contribution is 2.31. The summed E-state index contributed by atoms with van der Waals surface area (Å²) < 4.78 is 7.36. The molecule has 1 fully saturated rings. The van der Waals surface area contributed by atoms with Crippen molar-refractivity contribution in [3.05, 3.63) is 42.2 Å². The number of halogens is 1. The molecule has 2 aromatic rings. The van der Waals surface area contributed by atoms with Crippen LogP contribution in [0.4, 0.5) is 5.69 Å². The van der Waals surface area contributed by atoms with Gasteiger partial charge in [0.1, 0.15) is 5.75 Å². The van der Waals surface area contributed by atoms with Crippen LogP contribution in [0.25, 0.3) is 0 Å². The normalized spacial score (nSPS) is 16.8. The molecule has 0 saturated carbocycles. The van der Waals surface area contributed by atoms with Gasteiger partial charge in [-0.3, -0.25) is 9.67 Å². The van der Waals surface area contributed by atoms with Crippen molar-refractivity contribution in [3.63, 3.8) is 0 Å². The van der Waals surface area contributed by atoms with Gasteiger partial charge in [0.15, 0.2) is 5.96 Å². The van der Waals surface area contributed by atoms with Gasteiger partial charge in [-0.2, -0.15) is 5.10 Å². The van der Waals surface area contributed by atoms with Crippen molar-refractivity contribution in [2.24, 2.45) is 18.0 Å². The summed E-state index contributed by atoms with van der Waals surface area (Å²) in [5.74, 6) is 2.34. The van der Waals surface area contributed by atoms with E-state index < -0.39 is 0 Å². The van der Waals surface area contributed by atoms with Gasteiger partial charge in [0.05, 0.1) is 25.0 Å². The largest absolute Gasteiger partial charge is 0.495 e. The Morgan fingerprint density at radius 2 is 2.11 bits per heavy atom. The van der Waals surface area contributed by atoms with Crippen LogP contribution in [0.2, 0.25) is 0 Å². The standard InChI is InChI=1S/C19H28N6O.HI/c1-20-19(22-13-16-8-10-23-24(16)2)21-12-15-9-11-25(14-15)17-6-4-5-7-18(17)26-3;/h4-8,10,15H,9,11-14H2,1-3H3,(H2,20,21,22);1H.